The minimum Gasteiger partial charge on any atom is -0.314 e. The zero-order chi connectivity index (χ0) is 12.5. The SMILES string of the molecule is CC(C)NCC1(c2c(F)cccc2Cl)CCC1. The molecule has 0 spiro atoms. The second-order valence-corrected chi connectivity index (χ2v) is 5.67. The van der Waals surface area contributed by atoms with E-state index in [2.05, 4.69) is 19.2 Å². The van der Waals surface area contributed by atoms with Gasteiger partial charge in [0.15, 0.2) is 0 Å². The normalized spacial score (nSPS) is 18.2. The maximum Gasteiger partial charge on any atom is 0.128 e. The Balaban J connectivity index is 2.28. The van der Waals surface area contributed by atoms with Gasteiger partial charge in [-0.15, -0.1) is 0 Å². The monoisotopic (exact) mass is 255 g/mol. The van der Waals surface area contributed by atoms with Gasteiger partial charge in [0.05, 0.1) is 0 Å². The number of rotatable bonds is 4. The molecular formula is C14H19ClFN. The van der Waals surface area contributed by atoms with Crippen molar-refractivity contribution in [2.24, 2.45) is 0 Å². The van der Waals surface area contributed by atoms with E-state index in [-0.39, 0.29) is 11.2 Å². The summed E-state index contributed by atoms with van der Waals surface area (Å²) < 4.78 is 14.0. The molecule has 0 amide bonds. The average molecular weight is 256 g/mol. The molecule has 1 nitrogen and oxygen atoms in total. The zero-order valence-electron chi connectivity index (χ0n) is 10.4. The van der Waals surface area contributed by atoms with Crippen LogP contribution in [0.25, 0.3) is 0 Å². The lowest BCUT2D eigenvalue weighted by Gasteiger charge is -2.43. The fourth-order valence-electron chi connectivity index (χ4n) is 2.52. The third-order valence-electron chi connectivity index (χ3n) is 3.65. The average Bonchev–Trinajstić information content (AvgIpc) is 2.19. The summed E-state index contributed by atoms with van der Waals surface area (Å²) >= 11 is 6.17. The Morgan fingerprint density at radius 1 is 1.41 bits per heavy atom. The van der Waals surface area contributed by atoms with Crippen molar-refractivity contribution in [1.29, 1.82) is 0 Å². The molecule has 0 aromatic heterocycles. The Bertz CT molecular complexity index is 379. The van der Waals surface area contributed by atoms with Crippen LogP contribution < -0.4 is 5.32 Å². The molecule has 0 aliphatic heterocycles. The molecule has 1 saturated carbocycles. The van der Waals surface area contributed by atoms with E-state index in [9.17, 15) is 4.39 Å². The van der Waals surface area contributed by atoms with E-state index in [1.54, 1.807) is 12.1 Å². The number of halogens is 2. The largest absolute Gasteiger partial charge is 0.314 e. The van der Waals surface area contributed by atoms with Crippen LogP contribution >= 0.6 is 11.6 Å². The van der Waals surface area contributed by atoms with Crippen molar-refractivity contribution in [3.63, 3.8) is 0 Å². The van der Waals surface area contributed by atoms with E-state index in [0.717, 1.165) is 25.8 Å². The summed E-state index contributed by atoms with van der Waals surface area (Å²) in [4.78, 5) is 0. The molecular weight excluding hydrogens is 237 g/mol. The molecule has 3 heteroatoms. The summed E-state index contributed by atoms with van der Waals surface area (Å²) in [5.74, 6) is -0.164. The second-order valence-electron chi connectivity index (χ2n) is 5.27. The number of benzene rings is 1. The van der Waals surface area contributed by atoms with E-state index in [4.69, 9.17) is 11.6 Å². The van der Waals surface area contributed by atoms with Crippen LogP contribution in [0.3, 0.4) is 0 Å². The van der Waals surface area contributed by atoms with Crippen LogP contribution in [0.1, 0.15) is 38.7 Å². The summed E-state index contributed by atoms with van der Waals surface area (Å²) in [6.45, 7) is 5.02. The minimum absolute atomic E-state index is 0.0906. The van der Waals surface area contributed by atoms with Crippen LogP contribution in [-0.4, -0.2) is 12.6 Å². The van der Waals surface area contributed by atoms with Gasteiger partial charge in [0.2, 0.25) is 0 Å². The smallest absolute Gasteiger partial charge is 0.128 e. The molecule has 0 radical (unpaired) electrons. The summed E-state index contributed by atoms with van der Waals surface area (Å²) in [6, 6.07) is 5.38. The van der Waals surface area contributed by atoms with Gasteiger partial charge in [0.25, 0.3) is 0 Å². The van der Waals surface area contributed by atoms with Crippen molar-refractivity contribution in [1.82, 2.24) is 5.32 Å². The Hall–Kier alpha value is -0.600. The summed E-state index contributed by atoms with van der Waals surface area (Å²) in [7, 11) is 0. The lowest BCUT2D eigenvalue weighted by Crippen LogP contribution is -2.46. The zero-order valence-corrected chi connectivity index (χ0v) is 11.1. The van der Waals surface area contributed by atoms with Crippen molar-refractivity contribution in [2.45, 2.75) is 44.6 Å². The number of hydrogen-bond acceptors (Lipinski definition) is 1. The van der Waals surface area contributed by atoms with Gasteiger partial charge in [-0.2, -0.15) is 0 Å². The lowest BCUT2D eigenvalue weighted by atomic mass is 9.64. The van der Waals surface area contributed by atoms with E-state index in [1.807, 2.05) is 0 Å². The summed E-state index contributed by atoms with van der Waals surface area (Å²) in [6.07, 6.45) is 3.20. The van der Waals surface area contributed by atoms with E-state index < -0.39 is 0 Å². The molecule has 1 aromatic carbocycles. The van der Waals surface area contributed by atoms with E-state index in [1.165, 1.54) is 6.07 Å². The lowest BCUT2D eigenvalue weighted by molar-refractivity contribution is 0.221. The highest BCUT2D eigenvalue weighted by molar-refractivity contribution is 6.31. The van der Waals surface area contributed by atoms with Crippen LogP contribution in [0.5, 0.6) is 0 Å². The molecule has 0 heterocycles. The Morgan fingerprint density at radius 2 is 2.12 bits per heavy atom. The van der Waals surface area contributed by atoms with Crippen LogP contribution in [0, 0.1) is 5.82 Å². The topological polar surface area (TPSA) is 12.0 Å². The van der Waals surface area contributed by atoms with Crippen molar-refractivity contribution in [3.05, 3.63) is 34.6 Å². The van der Waals surface area contributed by atoms with Gasteiger partial charge >= 0.3 is 0 Å². The molecule has 94 valence electrons. The van der Waals surface area contributed by atoms with Crippen molar-refractivity contribution in [2.75, 3.05) is 6.54 Å². The van der Waals surface area contributed by atoms with Gasteiger partial charge in [0, 0.05) is 28.6 Å². The fraction of sp³-hybridized carbons (Fsp3) is 0.571. The molecule has 1 aliphatic carbocycles. The molecule has 1 N–H and O–H groups in total. The molecule has 1 fully saturated rings. The summed E-state index contributed by atoms with van der Waals surface area (Å²) in [5.41, 5.74) is 0.619. The van der Waals surface area contributed by atoms with Crippen molar-refractivity contribution in [3.8, 4) is 0 Å². The van der Waals surface area contributed by atoms with Crippen LogP contribution in [0.15, 0.2) is 18.2 Å². The highest BCUT2D eigenvalue weighted by Crippen LogP contribution is 2.46. The minimum atomic E-state index is -0.164. The maximum atomic E-state index is 14.0. The standard InChI is InChI=1S/C14H19ClFN/c1-10(2)17-9-14(7-4-8-14)13-11(15)5-3-6-12(13)16/h3,5-6,10,17H,4,7-9H2,1-2H3. The van der Waals surface area contributed by atoms with Crippen LogP contribution in [0.2, 0.25) is 5.02 Å². The molecule has 1 aromatic rings. The highest BCUT2D eigenvalue weighted by Gasteiger charge is 2.41. The molecule has 2 rings (SSSR count). The molecule has 17 heavy (non-hydrogen) atoms. The molecule has 1 aliphatic rings. The maximum absolute atomic E-state index is 14.0. The predicted octanol–water partition coefficient (Wildman–Crippen LogP) is 3.90. The van der Waals surface area contributed by atoms with Gasteiger partial charge in [-0.05, 0) is 25.0 Å². The Labute approximate surface area is 107 Å². The van der Waals surface area contributed by atoms with E-state index in [0.29, 0.717) is 16.6 Å². The number of nitrogens with one attached hydrogen (secondary N) is 1. The predicted molar refractivity (Wildman–Crippen MR) is 70.1 cm³/mol. The molecule has 0 saturated heterocycles. The molecule has 0 unspecified atom stereocenters. The first-order chi connectivity index (χ1) is 8.05. The Morgan fingerprint density at radius 3 is 2.59 bits per heavy atom. The van der Waals surface area contributed by atoms with E-state index >= 15 is 0 Å². The van der Waals surface area contributed by atoms with Crippen LogP contribution in [-0.2, 0) is 5.41 Å². The molecule has 0 atom stereocenters. The number of hydrogen-bond donors (Lipinski definition) is 1. The van der Waals surface area contributed by atoms with Gasteiger partial charge < -0.3 is 5.32 Å². The molecule has 0 bridgehead atoms. The first-order valence-corrected chi connectivity index (χ1v) is 6.61. The van der Waals surface area contributed by atoms with Gasteiger partial charge in [0.1, 0.15) is 5.82 Å². The van der Waals surface area contributed by atoms with Crippen LogP contribution in [0.4, 0.5) is 4.39 Å². The quantitative estimate of drug-likeness (QED) is 0.861. The third kappa shape index (κ3) is 2.48. The second kappa shape index (κ2) is 4.95. The van der Waals surface area contributed by atoms with Crippen molar-refractivity contribution < 1.29 is 4.39 Å². The Kier molecular flexibility index (Phi) is 3.74. The van der Waals surface area contributed by atoms with Gasteiger partial charge in [-0.3, -0.25) is 0 Å². The van der Waals surface area contributed by atoms with Gasteiger partial charge in [-0.1, -0.05) is 37.9 Å². The van der Waals surface area contributed by atoms with Crippen molar-refractivity contribution >= 4 is 11.6 Å². The first kappa shape index (κ1) is 12.8. The summed E-state index contributed by atoms with van der Waals surface area (Å²) in [5, 5.41) is 3.98. The highest BCUT2D eigenvalue weighted by atomic mass is 35.5. The third-order valence-corrected chi connectivity index (χ3v) is 3.97. The fourth-order valence-corrected chi connectivity index (χ4v) is 2.89. The van der Waals surface area contributed by atoms with Gasteiger partial charge in [-0.25, -0.2) is 4.39 Å². The first-order valence-electron chi connectivity index (χ1n) is 6.23.